The zero-order chi connectivity index (χ0) is 43.8. The van der Waals surface area contributed by atoms with Crippen molar-refractivity contribution in [3.05, 3.63) is 109 Å². The largest absolute Gasteiger partial charge is 0.507 e. The highest BCUT2D eigenvalue weighted by molar-refractivity contribution is 5.56. The van der Waals surface area contributed by atoms with Gasteiger partial charge in [0.15, 0.2) is 0 Å². The number of allylic oxidation sites excluding steroid dienone is 4. The maximum atomic E-state index is 11.7. The number of hydrogen-bond acceptors (Lipinski definition) is 3. The van der Waals surface area contributed by atoms with Gasteiger partial charge in [-0.25, -0.2) is 0 Å². The first kappa shape index (κ1) is 46.2. The summed E-state index contributed by atoms with van der Waals surface area (Å²) in [6.07, 6.45) is 3.33. The molecule has 3 heteroatoms. The van der Waals surface area contributed by atoms with Gasteiger partial charge in [0.2, 0.25) is 0 Å². The SMILES string of the molecule is CC1=C(Cc2cc(C(C)(C)C)c(O)c(C(C)(C)C)c2)C(C)=C(Cc2cc(C(C)(C)C)c(O)c(C(C)(C)C)c2)C(C)(Cc2cc(C(C)(C)C)c(O)c(C(C)(C)C)c2)C1. The van der Waals surface area contributed by atoms with Crippen LogP contribution in [0.3, 0.4) is 0 Å². The Morgan fingerprint density at radius 2 is 0.702 bits per heavy atom. The number of hydrogen-bond donors (Lipinski definition) is 3. The number of phenolic OH excluding ortho intramolecular Hbond substituents is 3. The summed E-state index contributed by atoms with van der Waals surface area (Å²) in [5, 5.41) is 35.0. The molecule has 3 nitrogen and oxygen atoms in total. The second-order valence-corrected chi connectivity index (χ2v) is 24.2. The van der Waals surface area contributed by atoms with Crippen LogP contribution in [0, 0.1) is 5.41 Å². The molecule has 4 rings (SSSR count). The molecule has 0 aromatic heterocycles. The van der Waals surface area contributed by atoms with Crippen LogP contribution in [0.5, 0.6) is 17.2 Å². The molecule has 0 radical (unpaired) electrons. The van der Waals surface area contributed by atoms with Crippen molar-refractivity contribution in [2.45, 2.75) is 204 Å². The molecule has 0 bridgehead atoms. The van der Waals surface area contributed by atoms with Gasteiger partial charge in [-0.05, 0) is 139 Å². The second-order valence-electron chi connectivity index (χ2n) is 24.2. The Morgan fingerprint density at radius 1 is 0.439 bits per heavy atom. The van der Waals surface area contributed by atoms with Crippen LogP contribution in [0.15, 0.2) is 58.7 Å². The summed E-state index contributed by atoms with van der Waals surface area (Å²) in [5.74, 6) is 1.25. The fourth-order valence-electron chi connectivity index (χ4n) is 9.23. The number of aromatic hydroxyl groups is 3. The van der Waals surface area contributed by atoms with E-state index in [2.05, 4.69) is 182 Å². The number of rotatable bonds is 6. The highest BCUT2D eigenvalue weighted by atomic mass is 16.3. The molecule has 1 unspecified atom stereocenters. The summed E-state index contributed by atoms with van der Waals surface area (Å²) < 4.78 is 0. The van der Waals surface area contributed by atoms with Gasteiger partial charge in [-0.3, -0.25) is 0 Å². The number of phenols is 3. The minimum atomic E-state index is -0.228. The molecule has 3 aromatic carbocycles. The average molecular weight is 777 g/mol. The van der Waals surface area contributed by atoms with Gasteiger partial charge in [0.1, 0.15) is 17.2 Å². The van der Waals surface area contributed by atoms with E-state index in [4.69, 9.17) is 0 Å². The van der Waals surface area contributed by atoms with E-state index >= 15 is 0 Å². The van der Waals surface area contributed by atoms with E-state index in [1.807, 2.05) is 0 Å². The zero-order valence-electron chi connectivity index (χ0n) is 40.1. The van der Waals surface area contributed by atoms with Crippen molar-refractivity contribution in [2.75, 3.05) is 0 Å². The quantitative estimate of drug-likeness (QED) is 0.234. The molecule has 57 heavy (non-hydrogen) atoms. The molecule has 1 atom stereocenters. The van der Waals surface area contributed by atoms with Crippen molar-refractivity contribution in [1.29, 1.82) is 0 Å². The van der Waals surface area contributed by atoms with Crippen LogP contribution in [0.1, 0.15) is 202 Å². The monoisotopic (exact) mass is 777 g/mol. The van der Waals surface area contributed by atoms with Crippen LogP contribution in [0.2, 0.25) is 0 Å². The lowest BCUT2D eigenvalue weighted by atomic mass is 9.63. The lowest BCUT2D eigenvalue weighted by molar-refractivity contribution is 0.367. The maximum Gasteiger partial charge on any atom is 0.123 e. The van der Waals surface area contributed by atoms with Gasteiger partial charge in [0.25, 0.3) is 0 Å². The molecule has 1 aliphatic carbocycles. The molecular formula is C54H80O3. The van der Waals surface area contributed by atoms with E-state index < -0.39 is 0 Å². The van der Waals surface area contributed by atoms with Crippen molar-refractivity contribution < 1.29 is 15.3 Å². The maximum absolute atomic E-state index is 11.7. The summed E-state index contributed by atoms with van der Waals surface area (Å²) in [6, 6.07) is 13.6. The first-order valence-electron chi connectivity index (χ1n) is 21.5. The molecule has 0 saturated heterocycles. The van der Waals surface area contributed by atoms with Crippen molar-refractivity contribution in [2.24, 2.45) is 5.41 Å². The van der Waals surface area contributed by atoms with Gasteiger partial charge in [0.05, 0.1) is 0 Å². The van der Waals surface area contributed by atoms with Gasteiger partial charge >= 0.3 is 0 Å². The minimum Gasteiger partial charge on any atom is -0.507 e. The Morgan fingerprint density at radius 3 is 0.982 bits per heavy atom. The Balaban J connectivity index is 2.03. The molecule has 0 spiro atoms. The van der Waals surface area contributed by atoms with Gasteiger partial charge in [-0.1, -0.05) is 179 Å². The molecule has 0 aliphatic heterocycles. The third-order valence-electron chi connectivity index (χ3n) is 12.5. The summed E-state index contributed by atoms with van der Waals surface area (Å²) >= 11 is 0. The topological polar surface area (TPSA) is 60.7 Å². The minimum absolute atomic E-state index is 0.206. The Hall–Kier alpha value is -3.46. The van der Waals surface area contributed by atoms with Crippen molar-refractivity contribution in [3.8, 4) is 17.2 Å². The molecule has 0 fully saturated rings. The first-order chi connectivity index (χ1) is 25.5. The van der Waals surface area contributed by atoms with Crippen molar-refractivity contribution >= 4 is 0 Å². The van der Waals surface area contributed by atoms with Crippen LogP contribution in [0.4, 0.5) is 0 Å². The van der Waals surface area contributed by atoms with Gasteiger partial charge < -0.3 is 15.3 Å². The summed E-state index contributed by atoms with van der Waals surface area (Å²) in [4.78, 5) is 0. The smallest absolute Gasteiger partial charge is 0.123 e. The van der Waals surface area contributed by atoms with Crippen molar-refractivity contribution in [1.82, 2.24) is 0 Å². The summed E-state index contributed by atoms with van der Waals surface area (Å²) in [6.45, 7) is 46.6. The molecule has 3 N–H and O–H groups in total. The van der Waals surface area contributed by atoms with Crippen molar-refractivity contribution in [3.63, 3.8) is 0 Å². The molecule has 0 heterocycles. The Bertz CT molecular complexity index is 1970. The highest BCUT2D eigenvalue weighted by Gasteiger charge is 2.38. The average Bonchev–Trinajstić information content (AvgIpc) is 3.00. The summed E-state index contributed by atoms with van der Waals surface area (Å²) in [5.41, 5.74) is 13.7. The molecule has 0 saturated carbocycles. The van der Waals surface area contributed by atoms with E-state index in [0.717, 1.165) is 59.1 Å². The van der Waals surface area contributed by atoms with E-state index in [-0.39, 0.29) is 37.9 Å². The van der Waals surface area contributed by atoms with E-state index in [9.17, 15) is 15.3 Å². The lowest BCUT2D eigenvalue weighted by Crippen LogP contribution is -2.30. The molecule has 3 aromatic rings. The zero-order valence-corrected chi connectivity index (χ0v) is 40.1. The third kappa shape index (κ3) is 9.88. The Kier molecular flexibility index (Phi) is 12.1. The van der Waals surface area contributed by atoms with Crippen LogP contribution in [-0.4, -0.2) is 15.3 Å². The van der Waals surface area contributed by atoms with Gasteiger partial charge in [0, 0.05) is 0 Å². The third-order valence-corrected chi connectivity index (χ3v) is 12.5. The van der Waals surface area contributed by atoms with Crippen LogP contribution < -0.4 is 0 Å². The van der Waals surface area contributed by atoms with Gasteiger partial charge in [-0.15, -0.1) is 0 Å². The Labute approximate surface area is 349 Å². The predicted molar refractivity (Wildman–Crippen MR) is 246 cm³/mol. The van der Waals surface area contributed by atoms with E-state index in [0.29, 0.717) is 17.2 Å². The van der Waals surface area contributed by atoms with E-state index in [1.54, 1.807) is 0 Å². The van der Waals surface area contributed by atoms with E-state index in [1.165, 1.54) is 39.0 Å². The molecule has 314 valence electrons. The van der Waals surface area contributed by atoms with Crippen LogP contribution >= 0.6 is 0 Å². The first-order valence-corrected chi connectivity index (χ1v) is 21.5. The standard InChI is InChI=1S/C54H80O3/c1-32-30-54(21,31-36-28-43(52(15,16)17)47(57)44(29-36)53(18,19)20)38(23-35-26-41(50(9,10)11)46(56)42(27-35)51(12,13)14)33(2)37(32)22-34-24-39(48(3,4)5)45(55)40(25-34)49(6,7)8/h24-29,55-57H,22-23,30-31H2,1-21H3. The normalized spacial score (nSPS) is 17.8. The molecular weight excluding hydrogens is 697 g/mol. The lowest BCUT2D eigenvalue weighted by Gasteiger charge is -2.41. The number of benzene rings is 3. The fourth-order valence-corrected chi connectivity index (χ4v) is 9.23. The molecule has 1 aliphatic rings. The van der Waals surface area contributed by atoms with Crippen LogP contribution in [-0.2, 0) is 51.8 Å². The fraction of sp³-hybridized carbons (Fsp3) is 0.593. The predicted octanol–water partition coefficient (Wildman–Crippen LogP) is 14.7. The molecule has 0 amide bonds. The summed E-state index contributed by atoms with van der Waals surface area (Å²) in [7, 11) is 0. The second kappa shape index (κ2) is 15.0. The van der Waals surface area contributed by atoms with Crippen LogP contribution in [0.25, 0.3) is 0 Å². The van der Waals surface area contributed by atoms with Gasteiger partial charge in [-0.2, -0.15) is 0 Å². The highest BCUT2D eigenvalue weighted by Crippen LogP contribution is 2.51.